The first-order chi connectivity index (χ1) is 14.0. The summed E-state index contributed by atoms with van der Waals surface area (Å²) in [6.07, 6.45) is 5.48. The lowest BCUT2D eigenvalue weighted by Gasteiger charge is -2.10. The molecule has 0 aromatic carbocycles. The number of rotatable bonds is 5. The topological polar surface area (TPSA) is 106 Å². The molecule has 2 N–H and O–H groups in total. The summed E-state index contributed by atoms with van der Waals surface area (Å²) in [4.78, 5) is 47.6. The number of hydrogen-bond acceptors (Lipinski definition) is 6. The fourth-order valence-electron chi connectivity index (χ4n) is 3.48. The molecule has 29 heavy (non-hydrogen) atoms. The highest BCUT2D eigenvalue weighted by Gasteiger charge is 2.20. The van der Waals surface area contributed by atoms with Crippen molar-refractivity contribution in [2.24, 2.45) is 0 Å². The standard InChI is InChI=1S/C20H21N5O3S/c1-12-5-4-8-15(23-12)24-16(26)9-21-17(27)10-25-11-22-19-18(20(25)28)13-6-2-3-7-14(13)29-19/h4-5,8,11H,2-3,6-7,9-10H2,1H3,(H,21,27)(H,23,24,26). The van der Waals surface area contributed by atoms with Gasteiger partial charge < -0.3 is 10.6 Å². The van der Waals surface area contributed by atoms with E-state index in [4.69, 9.17) is 0 Å². The third-order valence-electron chi connectivity index (χ3n) is 4.86. The number of thiophene rings is 1. The van der Waals surface area contributed by atoms with Crippen LogP contribution in [0.5, 0.6) is 0 Å². The van der Waals surface area contributed by atoms with Crippen molar-refractivity contribution in [3.8, 4) is 0 Å². The molecule has 1 aliphatic carbocycles. The number of hydrogen-bond donors (Lipinski definition) is 2. The van der Waals surface area contributed by atoms with Gasteiger partial charge in [0.15, 0.2) is 0 Å². The Hall–Kier alpha value is -3.07. The maximum Gasteiger partial charge on any atom is 0.262 e. The summed E-state index contributed by atoms with van der Waals surface area (Å²) in [5, 5.41) is 5.80. The van der Waals surface area contributed by atoms with E-state index in [0.29, 0.717) is 11.2 Å². The van der Waals surface area contributed by atoms with E-state index in [0.717, 1.165) is 41.8 Å². The van der Waals surface area contributed by atoms with Crippen molar-refractivity contribution in [3.63, 3.8) is 0 Å². The Morgan fingerprint density at radius 2 is 2.03 bits per heavy atom. The predicted octanol–water partition coefficient (Wildman–Crippen LogP) is 1.80. The van der Waals surface area contributed by atoms with Gasteiger partial charge in [-0.25, -0.2) is 9.97 Å². The summed E-state index contributed by atoms with van der Waals surface area (Å²) < 4.78 is 1.30. The molecule has 0 spiro atoms. The van der Waals surface area contributed by atoms with Gasteiger partial charge in [-0.3, -0.25) is 19.0 Å². The SMILES string of the molecule is Cc1cccc(NC(=O)CNC(=O)Cn2cnc3sc4c(c3c2=O)CCCC4)n1. The largest absolute Gasteiger partial charge is 0.345 e. The summed E-state index contributed by atoms with van der Waals surface area (Å²) in [7, 11) is 0. The van der Waals surface area contributed by atoms with E-state index in [-0.39, 0.29) is 24.6 Å². The lowest BCUT2D eigenvalue weighted by Crippen LogP contribution is -2.37. The van der Waals surface area contributed by atoms with Gasteiger partial charge in [-0.1, -0.05) is 6.07 Å². The van der Waals surface area contributed by atoms with Crippen molar-refractivity contribution < 1.29 is 9.59 Å². The molecule has 0 atom stereocenters. The van der Waals surface area contributed by atoms with Crippen LogP contribution in [-0.2, 0) is 29.0 Å². The fraction of sp³-hybridized carbons (Fsp3) is 0.350. The summed E-state index contributed by atoms with van der Waals surface area (Å²) >= 11 is 1.57. The number of carbonyl (C=O) groups excluding carboxylic acids is 2. The monoisotopic (exact) mass is 411 g/mol. The Morgan fingerprint density at radius 3 is 2.86 bits per heavy atom. The fourth-order valence-corrected chi connectivity index (χ4v) is 4.70. The molecule has 0 fully saturated rings. The van der Waals surface area contributed by atoms with Crippen LogP contribution in [0.25, 0.3) is 10.2 Å². The number of aryl methyl sites for hydroxylation is 3. The van der Waals surface area contributed by atoms with Gasteiger partial charge in [0.25, 0.3) is 5.56 Å². The number of amides is 2. The normalized spacial score (nSPS) is 13.1. The minimum atomic E-state index is -0.426. The van der Waals surface area contributed by atoms with E-state index in [1.54, 1.807) is 23.5 Å². The summed E-state index contributed by atoms with van der Waals surface area (Å²) in [6, 6.07) is 5.29. The molecule has 9 heteroatoms. The molecular weight excluding hydrogens is 390 g/mol. The van der Waals surface area contributed by atoms with Crippen LogP contribution in [0.1, 0.15) is 29.0 Å². The molecule has 2 amide bonds. The molecule has 4 rings (SSSR count). The lowest BCUT2D eigenvalue weighted by atomic mass is 9.97. The molecule has 3 aromatic rings. The van der Waals surface area contributed by atoms with Crippen LogP contribution in [-0.4, -0.2) is 32.9 Å². The Balaban J connectivity index is 1.40. The van der Waals surface area contributed by atoms with Crippen molar-refractivity contribution in [2.45, 2.75) is 39.2 Å². The number of pyridine rings is 1. The first-order valence-electron chi connectivity index (χ1n) is 9.51. The minimum absolute atomic E-state index is 0.178. The van der Waals surface area contributed by atoms with Crippen LogP contribution in [0.3, 0.4) is 0 Å². The first kappa shape index (κ1) is 19.3. The van der Waals surface area contributed by atoms with Crippen molar-refractivity contribution in [2.75, 3.05) is 11.9 Å². The van der Waals surface area contributed by atoms with Crippen molar-refractivity contribution in [3.05, 3.63) is 51.0 Å². The van der Waals surface area contributed by atoms with Gasteiger partial charge in [0.05, 0.1) is 18.3 Å². The number of nitrogens with zero attached hydrogens (tertiary/aromatic N) is 3. The van der Waals surface area contributed by atoms with E-state index in [2.05, 4.69) is 20.6 Å². The number of aromatic nitrogens is 3. The zero-order valence-corrected chi connectivity index (χ0v) is 16.8. The third kappa shape index (κ3) is 4.19. The lowest BCUT2D eigenvalue weighted by molar-refractivity contribution is -0.124. The zero-order chi connectivity index (χ0) is 20.4. The van der Waals surface area contributed by atoms with Crippen molar-refractivity contribution in [1.82, 2.24) is 19.9 Å². The van der Waals surface area contributed by atoms with Crippen LogP contribution in [0.15, 0.2) is 29.3 Å². The van der Waals surface area contributed by atoms with Gasteiger partial charge in [0.2, 0.25) is 11.8 Å². The van der Waals surface area contributed by atoms with Crippen LogP contribution >= 0.6 is 11.3 Å². The van der Waals surface area contributed by atoms with Gasteiger partial charge in [-0.15, -0.1) is 11.3 Å². The molecule has 0 saturated carbocycles. The molecule has 3 heterocycles. The minimum Gasteiger partial charge on any atom is -0.345 e. The van der Waals surface area contributed by atoms with Gasteiger partial charge in [-0.2, -0.15) is 0 Å². The highest BCUT2D eigenvalue weighted by molar-refractivity contribution is 7.18. The van der Waals surface area contributed by atoms with Crippen LogP contribution in [0.4, 0.5) is 5.82 Å². The highest BCUT2D eigenvalue weighted by Crippen LogP contribution is 2.33. The van der Waals surface area contributed by atoms with Gasteiger partial charge >= 0.3 is 0 Å². The number of carbonyl (C=O) groups is 2. The smallest absolute Gasteiger partial charge is 0.262 e. The third-order valence-corrected chi connectivity index (χ3v) is 6.06. The quantitative estimate of drug-likeness (QED) is 0.666. The van der Waals surface area contributed by atoms with Crippen molar-refractivity contribution >= 4 is 39.2 Å². The molecule has 150 valence electrons. The maximum absolute atomic E-state index is 12.9. The maximum atomic E-state index is 12.9. The Morgan fingerprint density at radius 1 is 1.21 bits per heavy atom. The molecule has 0 bridgehead atoms. The van der Waals surface area contributed by atoms with E-state index in [1.165, 1.54) is 15.8 Å². The first-order valence-corrected chi connectivity index (χ1v) is 10.3. The highest BCUT2D eigenvalue weighted by atomic mass is 32.1. The summed E-state index contributed by atoms with van der Waals surface area (Å²) in [5.74, 6) is -0.383. The van der Waals surface area contributed by atoms with Gasteiger partial charge in [-0.05, 0) is 50.3 Å². The van der Waals surface area contributed by atoms with Crippen LogP contribution < -0.4 is 16.2 Å². The second-order valence-corrected chi connectivity index (χ2v) is 8.14. The number of anilines is 1. The Kier molecular flexibility index (Phi) is 5.39. The second-order valence-electron chi connectivity index (χ2n) is 7.06. The molecule has 0 saturated heterocycles. The Labute approximate surface area is 171 Å². The average Bonchev–Trinajstić information content (AvgIpc) is 3.08. The molecule has 0 radical (unpaired) electrons. The van der Waals surface area contributed by atoms with Crippen LogP contribution in [0.2, 0.25) is 0 Å². The van der Waals surface area contributed by atoms with E-state index < -0.39 is 5.91 Å². The van der Waals surface area contributed by atoms with Gasteiger partial charge in [0.1, 0.15) is 17.2 Å². The predicted molar refractivity (Wildman–Crippen MR) is 111 cm³/mol. The summed E-state index contributed by atoms with van der Waals surface area (Å²) in [5.41, 5.74) is 1.68. The van der Waals surface area contributed by atoms with Gasteiger partial charge in [0, 0.05) is 10.6 Å². The molecule has 3 aromatic heterocycles. The van der Waals surface area contributed by atoms with E-state index in [1.807, 2.05) is 13.0 Å². The molecule has 1 aliphatic rings. The van der Waals surface area contributed by atoms with E-state index in [9.17, 15) is 14.4 Å². The Bertz CT molecular complexity index is 1150. The summed E-state index contributed by atoms with van der Waals surface area (Å²) in [6.45, 7) is 1.44. The molecule has 0 aliphatic heterocycles. The number of fused-ring (bicyclic) bond motifs is 3. The zero-order valence-electron chi connectivity index (χ0n) is 16.0. The van der Waals surface area contributed by atoms with Crippen molar-refractivity contribution in [1.29, 1.82) is 0 Å². The number of nitrogens with one attached hydrogen (secondary N) is 2. The second kappa shape index (κ2) is 8.12. The molecular formula is C20H21N5O3S. The average molecular weight is 411 g/mol. The van der Waals surface area contributed by atoms with Crippen LogP contribution in [0, 0.1) is 6.92 Å². The molecule has 8 nitrogen and oxygen atoms in total. The van der Waals surface area contributed by atoms with E-state index >= 15 is 0 Å². The molecule has 0 unspecified atom stereocenters.